The van der Waals surface area contributed by atoms with Crippen molar-refractivity contribution in [3.05, 3.63) is 72.1 Å². The van der Waals surface area contributed by atoms with Crippen molar-refractivity contribution in [1.29, 1.82) is 5.26 Å². The molecule has 1 aliphatic heterocycles. The lowest BCUT2D eigenvalue weighted by atomic mass is 10.0. The number of fused-ring (bicyclic) bond motifs is 1. The van der Waals surface area contributed by atoms with E-state index in [4.69, 9.17) is 10.00 Å². The van der Waals surface area contributed by atoms with Crippen LogP contribution in [0, 0.1) is 11.3 Å². The molecule has 0 unspecified atom stereocenters. The van der Waals surface area contributed by atoms with Crippen LogP contribution in [0.3, 0.4) is 0 Å². The molecule has 2 aromatic carbocycles. The van der Waals surface area contributed by atoms with E-state index in [0.29, 0.717) is 23.4 Å². The van der Waals surface area contributed by atoms with E-state index >= 15 is 0 Å². The van der Waals surface area contributed by atoms with Gasteiger partial charge in [0, 0.05) is 34.5 Å². The number of rotatable bonds is 3. The number of pyridine rings is 1. The standard InChI is InChI=1S/C22H17N3O2S/c1-27-18-4-2-3-17(11-18)22(26)25-9-10-28-21-19(13-24-14-20(21)25)16-7-5-15(12-23)6-8-16/h2-8,11,13-14H,9-10H2,1H3. The molecule has 3 aromatic rings. The molecular formula is C22H17N3O2S. The van der Waals surface area contributed by atoms with Crippen LogP contribution in [-0.4, -0.2) is 30.3 Å². The Morgan fingerprint density at radius 1 is 1.21 bits per heavy atom. The van der Waals surface area contributed by atoms with E-state index in [1.165, 1.54) is 0 Å². The Labute approximate surface area is 167 Å². The third kappa shape index (κ3) is 3.32. The predicted octanol–water partition coefficient (Wildman–Crippen LogP) is 4.38. The summed E-state index contributed by atoms with van der Waals surface area (Å²) in [6.07, 6.45) is 3.56. The molecule has 0 spiro atoms. The molecule has 0 saturated carbocycles. The molecule has 4 rings (SSSR count). The first kappa shape index (κ1) is 18.1. The highest BCUT2D eigenvalue weighted by atomic mass is 32.2. The molecule has 28 heavy (non-hydrogen) atoms. The van der Waals surface area contributed by atoms with E-state index in [0.717, 1.165) is 27.5 Å². The Bertz CT molecular complexity index is 1070. The maximum atomic E-state index is 13.2. The molecule has 0 fully saturated rings. The van der Waals surface area contributed by atoms with E-state index in [-0.39, 0.29) is 5.91 Å². The van der Waals surface area contributed by atoms with Gasteiger partial charge in [-0.1, -0.05) is 18.2 Å². The van der Waals surface area contributed by atoms with E-state index in [2.05, 4.69) is 11.1 Å². The van der Waals surface area contributed by atoms with Gasteiger partial charge >= 0.3 is 0 Å². The van der Waals surface area contributed by atoms with E-state index < -0.39 is 0 Å². The monoisotopic (exact) mass is 387 g/mol. The van der Waals surface area contributed by atoms with Gasteiger partial charge < -0.3 is 9.64 Å². The minimum absolute atomic E-state index is 0.0702. The first-order chi connectivity index (χ1) is 13.7. The van der Waals surface area contributed by atoms with Crippen LogP contribution in [0.2, 0.25) is 0 Å². The number of ether oxygens (including phenoxy) is 1. The van der Waals surface area contributed by atoms with Crippen LogP contribution in [-0.2, 0) is 0 Å². The van der Waals surface area contributed by atoms with Gasteiger partial charge in [0.25, 0.3) is 5.91 Å². The van der Waals surface area contributed by atoms with Gasteiger partial charge in [-0.2, -0.15) is 5.26 Å². The Kier molecular flexibility index (Phi) is 5.00. The van der Waals surface area contributed by atoms with Gasteiger partial charge in [0.05, 0.1) is 30.6 Å². The van der Waals surface area contributed by atoms with Crippen LogP contribution in [0.1, 0.15) is 15.9 Å². The predicted molar refractivity (Wildman–Crippen MR) is 110 cm³/mol. The molecule has 1 aromatic heterocycles. The molecule has 0 radical (unpaired) electrons. The van der Waals surface area contributed by atoms with Gasteiger partial charge in [-0.05, 0) is 35.9 Å². The van der Waals surface area contributed by atoms with Crippen LogP contribution >= 0.6 is 11.8 Å². The summed E-state index contributed by atoms with van der Waals surface area (Å²) < 4.78 is 5.25. The summed E-state index contributed by atoms with van der Waals surface area (Å²) in [5, 5.41) is 9.01. The zero-order valence-corrected chi connectivity index (χ0v) is 16.1. The number of amides is 1. The van der Waals surface area contributed by atoms with Crippen LogP contribution < -0.4 is 9.64 Å². The quantitative estimate of drug-likeness (QED) is 0.667. The fraction of sp³-hybridized carbons (Fsp3) is 0.136. The average molecular weight is 387 g/mol. The van der Waals surface area contributed by atoms with E-state index in [9.17, 15) is 4.79 Å². The number of anilines is 1. The molecule has 0 saturated heterocycles. The summed E-state index contributed by atoms with van der Waals surface area (Å²) in [4.78, 5) is 20.3. The third-order valence-electron chi connectivity index (χ3n) is 4.62. The van der Waals surface area contributed by atoms with Crippen LogP contribution in [0.4, 0.5) is 5.69 Å². The molecular weight excluding hydrogens is 370 g/mol. The van der Waals surface area contributed by atoms with Crippen molar-refractivity contribution in [2.45, 2.75) is 4.90 Å². The zero-order valence-electron chi connectivity index (χ0n) is 15.3. The van der Waals surface area contributed by atoms with Gasteiger partial charge in [0.1, 0.15) is 5.75 Å². The minimum atomic E-state index is -0.0702. The van der Waals surface area contributed by atoms with Gasteiger partial charge in [0.15, 0.2) is 0 Å². The van der Waals surface area contributed by atoms with Crippen molar-refractivity contribution in [1.82, 2.24) is 4.98 Å². The second-order valence-electron chi connectivity index (χ2n) is 6.26. The van der Waals surface area contributed by atoms with Gasteiger partial charge in [-0.3, -0.25) is 9.78 Å². The first-order valence-corrected chi connectivity index (χ1v) is 9.77. The number of hydrogen-bond acceptors (Lipinski definition) is 5. The van der Waals surface area contributed by atoms with Crippen molar-refractivity contribution >= 4 is 23.4 Å². The molecule has 1 amide bonds. The number of hydrogen-bond donors (Lipinski definition) is 0. The molecule has 0 bridgehead atoms. The number of carbonyl (C=O) groups is 1. The van der Waals surface area contributed by atoms with E-state index in [1.807, 2.05) is 30.5 Å². The zero-order chi connectivity index (χ0) is 19.5. The fourth-order valence-electron chi connectivity index (χ4n) is 3.19. The summed E-state index contributed by atoms with van der Waals surface area (Å²) in [6, 6.07) is 16.7. The smallest absolute Gasteiger partial charge is 0.258 e. The highest BCUT2D eigenvalue weighted by Crippen LogP contribution is 2.41. The summed E-state index contributed by atoms with van der Waals surface area (Å²) >= 11 is 1.72. The van der Waals surface area contributed by atoms with Crippen molar-refractivity contribution in [2.24, 2.45) is 0 Å². The van der Waals surface area contributed by atoms with Gasteiger partial charge in [0.2, 0.25) is 0 Å². The molecule has 2 heterocycles. The number of thioether (sulfide) groups is 1. The normalized spacial score (nSPS) is 12.8. The number of nitriles is 1. The highest BCUT2D eigenvalue weighted by molar-refractivity contribution is 7.99. The number of methoxy groups -OCH3 is 1. The lowest BCUT2D eigenvalue weighted by molar-refractivity contribution is 0.0987. The number of carbonyl (C=O) groups excluding carboxylic acids is 1. The lowest BCUT2D eigenvalue weighted by Crippen LogP contribution is -2.35. The molecule has 0 N–H and O–H groups in total. The molecule has 138 valence electrons. The molecule has 0 aliphatic carbocycles. The minimum Gasteiger partial charge on any atom is -0.497 e. The summed E-state index contributed by atoms with van der Waals surface area (Å²) in [5.41, 5.74) is 3.96. The first-order valence-electron chi connectivity index (χ1n) is 8.78. The van der Waals surface area contributed by atoms with Crippen molar-refractivity contribution in [3.63, 3.8) is 0 Å². The van der Waals surface area contributed by atoms with Crippen molar-refractivity contribution < 1.29 is 9.53 Å². The number of benzene rings is 2. The van der Waals surface area contributed by atoms with Gasteiger partial charge in [-0.25, -0.2) is 0 Å². The lowest BCUT2D eigenvalue weighted by Gasteiger charge is -2.30. The Morgan fingerprint density at radius 2 is 2.04 bits per heavy atom. The maximum Gasteiger partial charge on any atom is 0.258 e. The number of nitrogens with zero attached hydrogens (tertiary/aromatic N) is 3. The Balaban J connectivity index is 1.73. The largest absolute Gasteiger partial charge is 0.497 e. The highest BCUT2D eigenvalue weighted by Gasteiger charge is 2.26. The van der Waals surface area contributed by atoms with Crippen LogP contribution in [0.15, 0.2) is 65.8 Å². The van der Waals surface area contributed by atoms with Crippen molar-refractivity contribution in [3.8, 4) is 22.9 Å². The molecule has 0 atom stereocenters. The fourth-order valence-corrected chi connectivity index (χ4v) is 4.31. The van der Waals surface area contributed by atoms with Crippen LogP contribution in [0.25, 0.3) is 11.1 Å². The third-order valence-corrected chi connectivity index (χ3v) is 5.72. The average Bonchev–Trinajstić information content (AvgIpc) is 2.78. The molecule has 6 heteroatoms. The second-order valence-corrected chi connectivity index (χ2v) is 7.37. The summed E-state index contributed by atoms with van der Waals surface area (Å²) in [6.45, 7) is 0.617. The second kappa shape index (κ2) is 7.75. The summed E-state index contributed by atoms with van der Waals surface area (Å²) in [5.74, 6) is 1.39. The number of aromatic nitrogens is 1. The van der Waals surface area contributed by atoms with E-state index in [1.54, 1.807) is 54.2 Å². The Hall–Kier alpha value is -3.30. The summed E-state index contributed by atoms with van der Waals surface area (Å²) in [7, 11) is 1.59. The van der Waals surface area contributed by atoms with Crippen LogP contribution in [0.5, 0.6) is 5.75 Å². The molecule has 1 aliphatic rings. The molecule has 5 nitrogen and oxygen atoms in total. The topological polar surface area (TPSA) is 66.2 Å². The van der Waals surface area contributed by atoms with Crippen molar-refractivity contribution in [2.75, 3.05) is 24.3 Å². The maximum absolute atomic E-state index is 13.2. The van der Waals surface area contributed by atoms with Gasteiger partial charge in [-0.15, -0.1) is 11.8 Å². The SMILES string of the molecule is COc1cccc(C(=O)N2CCSc3c(-c4ccc(C#N)cc4)cncc32)c1. The Morgan fingerprint density at radius 3 is 2.79 bits per heavy atom.